The first-order chi connectivity index (χ1) is 30.4. The van der Waals surface area contributed by atoms with Crippen molar-refractivity contribution in [2.75, 3.05) is 34.6 Å². The molecule has 1 unspecified atom stereocenters. The third kappa shape index (κ3) is 7.76. The molecule has 18 nitrogen and oxygen atoms in total. The summed E-state index contributed by atoms with van der Waals surface area (Å²) >= 11 is 0. The maximum absolute atomic E-state index is 15.1. The zero-order valence-electron chi connectivity index (χ0n) is 33.9. The number of amides is 5. The second kappa shape index (κ2) is 15.7. The number of nitrogens with one attached hydrogen (secondary N) is 3. The van der Waals surface area contributed by atoms with Crippen molar-refractivity contribution in [1.82, 2.24) is 39.7 Å². The van der Waals surface area contributed by atoms with Crippen molar-refractivity contribution >= 4 is 67.7 Å². The predicted octanol–water partition coefficient (Wildman–Crippen LogP) is 3.98. The highest BCUT2D eigenvalue weighted by molar-refractivity contribution is 7.92. The van der Waals surface area contributed by atoms with Crippen molar-refractivity contribution in [2.45, 2.75) is 62.8 Å². The molecule has 2 aromatic carbocycles. The van der Waals surface area contributed by atoms with Gasteiger partial charge in [0.15, 0.2) is 5.75 Å². The van der Waals surface area contributed by atoms with Crippen LogP contribution >= 0.6 is 0 Å². The minimum absolute atomic E-state index is 0.0189. The van der Waals surface area contributed by atoms with Gasteiger partial charge in [0, 0.05) is 73.3 Å². The van der Waals surface area contributed by atoms with Crippen LogP contribution in [0.5, 0.6) is 0 Å². The van der Waals surface area contributed by atoms with Gasteiger partial charge in [0.1, 0.15) is 23.4 Å². The van der Waals surface area contributed by atoms with Crippen LogP contribution in [-0.2, 0) is 31.5 Å². The van der Waals surface area contributed by atoms with E-state index in [4.69, 9.17) is 5.73 Å². The van der Waals surface area contributed by atoms with Crippen LogP contribution in [0, 0.1) is 11.7 Å². The highest BCUT2D eigenvalue weighted by Crippen LogP contribution is 2.40. The number of nitrogens with zero attached hydrogens (tertiary/aromatic N) is 7. The van der Waals surface area contributed by atoms with Gasteiger partial charge in [0.05, 0.1) is 40.0 Å². The molecular formula is C41H39F4N11O7S. The Balaban J connectivity index is 0.823. The summed E-state index contributed by atoms with van der Waals surface area (Å²) in [5.41, 5.74) is 8.64. The summed E-state index contributed by atoms with van der Waals surface area (Å²) in [7, 11) is -3.27. The van der Waals surface area contributed by atoms with E-state index in [1.165, 1.54) is 16.8 Å². The number of rotatable bonds is 10. The molecule has 5 amide bonds. The van der Waals surface area contributed by atoms with E-state index in [9.17, 15) is 45.6 Å². The van der Waals surface area contributed by atoms with Crippen LogP contribution in [0.25, 0.3) is 33.3 Å². The molecule has 0 spiro atoms. The fourth-order valence-corrected chi connectivity index (χ4v) is 9.99. The van der Waals surface area contributed by atoms with Gasteiger partial charge in [-0.25, -0.2) is 17.8 Å². The molecule has 4 aliphatic rings. The van der Waals surface area contributed by atoms with Gasteiger partial charge in [-0.3, -0.25) is 48.3 Å². The number of benzene rings is 2. The average molecular weight is 906 g/mol. The number of pyridine rings is 1. The number of aryl methyl sites for hydroxylation is 1. The number of hydrogen-bond donors (Lipinski definition) is 4. The van der Waals surface area contributed by atoms with E-state index in [1.54, 1.807) is 36.3 Å². The molecule has 23 heteroatoms. The molecule has 0 bridgehead atoms. The molecule has 1 aliphatic carbocycles. The van der Waals surface area contributed by atoms with Crippen molar-refractivity contribution in [3.05, 3.63) is 71.9 Å². The molecule has 5 aromatic rings. The van der Waals surface area contributed by atoms with E-state index in [2.05, 4.69) is 25.8 Å². The number of halogens is 4. The van der Waals surface area contributed by atoms with Gasteiger partial charge in [0.2, 0.25) is 27.7 Å². The lowest BCUT2D eigenvalue weighted by Crippen LogP contribution is -2.54. The molecule has 334 valence electrons. The van der Waals surface area contributed by atoms with Crippen molar-refractivity contribution in [1.29, 1.82) is 0 Å². The second-order valence-corrected chi connectivity index (χ2v) is 18.1. The number of alkyl halides is 3. The number of carbonyl (C=O) groups is 5. The summed E-state index contributed by atoms with van der Waals surface area (Å²) in [6.45, 7) is 1.01. The molecule has 3 aliphatic heterocycles. The Hall–Kier alpha value is -6.91. The fourth-order valence-electron chi connectivity index (χ4n) is 8.99. The van der Waals surface area contributed by atoms with Gasteiger partial charge in [-0.15, -0.1) is 0 Å². The van der Waals surface area contributed by atoms with E-state index in [0.717, 1.165) is 17.0 Å². The van der Waals surface area contributed by atoms with Gasteiger partial charge < -0.3 is 16.0 Å². The normalized spacial score (nSPS) is 20.7. The summed E-state index contributed by atoms with van der Waals surface area (Å²) in [5, 5.41) is 15.1. The van der Waals surface area contributed by atoms with Crippen molar-refractivity contribution in [3.8, 4) is 22.4 Å². The average Bonchev–Trinajstić information content (AvgIpc) is 3.91. The molecule has 6 heterocycles. The van der Waals surface area contributed by atoms with Gasteiger partial charge in [-0.1, -0.05) is 12.1 Å². The molecule has 1 atom stereocenters. The lowest BCUT2D eigenvalue weighted by atomic mass is 9.78. The minimum Gasteiger partial charge on any atom is -0.383 e. The summed E-state index contributed by atoms with van der Waals surface area (Å²) < 4.78 is 82.2. The first-order valence-electron chi connectivity index (χ1n) is 20.3. The molecule has 2 saturated heterocycles. The number of sulfonamides is 1. The highest BCUT2D eigenvalue weighted by atomic mass is 32.2. The Morgan fingerprint density at radius 3 is 2.42 bits per heavy atom. The van der Waals surface area contributed by atoms with Crippen LogP contribution in [0.3, 0.4) is 0 Å². The number of hydrogen-bond acceptors (Lipinski definition) is 12. The van der Waals surface area contributed by atoms with E-state index in [1.807, 2.05) is 15.8 Å². The maximum atomic E-state index is 15.1. The Bertz CT molecular complexity index is 2900. The Morgan fingerprint density at radius 1 is 0.969 bits per heavy atom. The molecule has 5 N–H and O–H groups in total. The molecular weight excluding hydrogens is 867 g/mol. The quantitative estimate of drug-likeness (QED) is 0.115. The van der Waals surface area contributed by atoms with Gasteiger partial charge in [-0.05, 0) is 56.4 Å². The van der Waals surface area contributed by atoms with Crippen LogP contribution in [0.15, 0.2) is 55.0 Å². The maximum Gasteiger partial charge on any atom is 0.404 e. The molecule has 3 aromatic heterocycles. The van der Waals surface area contributed by atoms with E-state index in [-0.39, 0.29) is 65.0 Å². The van der Waals surface area contributed by atoms with E-state index in [0.29, 0.717) is 66.5 Å². The molecule has 3 fully saturated rings. The first-order valence-corrected chi connectivity index (χ1v) is 21.9. The monoisotopic (exact) mass is 905 g/mol. The Morgan fingerprint density at radius 2 is 1.72 bits per heavy atom. The largest absolute Gasteiger partial charge is 0.404 e. The summed E-state index contributed by atoms with van der Waals surface area (Å²) in [6, 6.07) is 6.91. The third-order valence-corrected chi connectivity index (χ3v) is 13.4. The smallest absolute Gasteiger partial charge is 0.383 e. The summed E-state index contributed by atoms with van der Waals surface area (Å²) in [5.74, 6) is -5.76. The minimum atomic E-state index is -5.02. The first kappa shape index (κ1) is 42.4. The lowest BCUT2D eigenvalue weighted by Gasteiger charge is -2.40. The van der Waals surface area contributed by atoms with Gasteiger partial charge in [0.25, 0.3) is 11.8 Å². The Labute approximate surface area is 361 Å². The number of imide groups is 2. The molecule has 1 saturated carbocycles. The number of nitrogen functional groups attached to an aromatic ring is 1. The zero-order chi connectivity index (χ0) is 45.4. The molecule has 9 rings (SSSR count). The second-order valence-electron chi connectivity index (χ2n) is 16.4. The van der Waals surface area contributed by atoms with E-state index < -0.39 is 63.1 Å². The zero-order valence-corrected chi connectivity index (χ0v) is 34.7. The van der Waals surface area contributed by atoms with Crippen molar-refractivity contribution in [2.24, 2.45) is 13.0 Å². The SMILES string of the molecule is Cn1nc(-c2ccc(NS(=O)(=O)CC(F)(F)F)c(F)c2)c2c(N)ncc(-c3cnn(C4CCN(C(=O)[C@H]5C[C@H](Nc6cccc7c6C(=O)N(C6CCC(=O)NC6=O)C7=O)C5)CC4)c3)c21. The number of nitrogens with two attached hydrogens (primary N) is 1. The molecule has 0 radical (unpaired) electrons. The van der Waals surface area contributed by atoms with Gasteiger partial charge in [-0.2, -0.15) is 23.4 Å². The number of anilines is 3. The summed E-state index contributed by atoms with van der Waals surface area (Å²) in [4.78, 5) is 71.6. The number of aromatic nitrogens is 5. The van der Waals surface area contributed by atoms with Crippen LogP contribution in [0.1, 0.15) is 65.3 Å². The van der Waals surface area contributed by atoms with Crippen molar-refractivity contribution < 1.29 is 50.0 Å². The predicted molar refractivity (Wildman–Crippen MR) is 221 cm³/mol. The van der Waals surface area contributed by atoms with Crippen LogP contribution in [0.2, 0.25) is 0 Å². The molecule has 64 heavy (non-hydrogen) atoms. The Kier molecular flexibility index (Phi) is 10.4. The number of piperidine rings is 2. The van der Waals surface area contributed by atoms with Crippen molar-refractivity contribution in [3.63, 3.8) is 0 Å². The lowest BCUT2D eigenvalue weighted by molar-refractivity contribution is -0.140. The van der Waals surface area contributed by atoms with E-state index >= 15 is 4.39 Å². The van der Waals surface area contributed by atoms with Crippen LogP contribution in [0.4, 0.5) is 34.8 Å². The van der Waals surface area contributed by atoms with Gasteiger partial charge >= 0.3 is 6.18 Å². The van der Waals surface area contributed by atoms with Crippen LogP contribution in [-0.4, -0.2) is 109 Å². The number of fused-ring (bicyclic) bond motifs is 2. The van der Waals surface area contributed by atoms with Crippen LogP contribution < -0.4 is 21.1 Å². The topological polar surface area (TPSA) is 237 Å². The third-order valence-electron chi connectivity index (χ3n) is 12.1. The standard InChI is InChI=1S/C41H39F4N11O7S/c1-53-35-26(17-47-36(46)33(35)34(51-53)20-5-6-28(27(42)15-20)52-64(62,63)19-41(43,44)45)22-16-48-55(18-22)24-9-11-54(12-10-24)38(59)21-13-23(14-21)49-29-4-2-3-25-32(29)40(61)56(39(25)60)30-7-8-31(57)50-37(30)58/h2-6,15-18,21,23-24,30,49,52H,7-14,19H2,1H3,(H2,46,47)(H,50,57,58)/t21-,23-,30?. The highest BCUT2D eigenvalue weighted by Gasteiger charge is 2.46. The summed E-state index contributed by atoms with van der Waals surface area (Å²) in [6.07, 6.45) is 2.45. The number of carbonyl (C=O) groups excluding carboxylic acids is 5. The number of likely N-dealkylation sites (tertiary alicyclic amines) is 1. The fraction of sp³-hybridized carbons (Fsp3) is 0.366.